The maximum atomic E-state index is 13.6. The van der Waals surface area contributed by atoms with Crippen LogP contribution in [0.15, 0.2) is 48.5 Å². The zero-order valence-corrected chi connectivity index (χ0v) is 12.9. The monoisotopic (exact) mass is 311 g/mol. The molecule has 2 aromatic rings. The van der Waals surface area contributed by atoms with Crippen molar-refractivity contribution in [3.05, 3.63) is 71.0 Å². The lowest BCUT2D eigenvalue weighted by Gasteiger charge is -2.05. The van der Waals surface area contributed by atoms with E-state index in [0.717, 1.165) is 11.1 Å². The first-order valence-corrected chi connectivity index (χ1v) is 7.35. The van der Waals surface area contributed by atoms with Gasteiger partial charge in [-0.25, -0.2) is 9.18 Å². The molecule has 23 heavy (non-hydrogen) atoms. The average Bonchev–Trinajstić information content (AvgIpc) is 2.56. The Morgan fingerprint density at radius 2 is 1.96 bits per heavy atom. The molecule has 4 heteroatoms. The second kappa shape index (κ2) is 8.60. The van der Waals surface area contributed by atoms with Crippen LogP contribution in [0.3, 0.4) is 0 Å². The molecular weight excluding hydrogens is 293 g/mol. The van der Waals surface area contributed by atoms with Crippen LogP contribution in [-0.4, -0.2) is 12.6 Å². The molecule has 0 atom stereocenters. The van der Waals surface area contributed by atoms with Crippen molar-refractivity contribution in [2.45, 2.75) is 20.0 Å². The number of rotatable bonds is 4. The number of carbonyl (C=O) groups is 1. The Labute approximate surface area is 135 Å². The number of carbonyl (C=O) groups excluding carboxylic acids is 1. The predicted molar refractivity (Wildman–Crippen MR) is 87.3 cm³/mol. The normalized spacial score (nSPS) is 9.65. The first-order valence-electron chi connectivity index (χ1n) is 7.35. The van der Waals surface area contributed by atoms with Crippen molar-refractivity contribution < 1.29 is 13.9 Å². The van der Waals surface area contributed by atoms with E-state index in [1.807, 2.05) is 43.3 Å². The van der Waals surface area contributed by atoms with E-state index in [-0.39, 0.29) is 12.4 Å². The summed E-state index contributed by atoms with van der Waals surface area (Å²) in [7, 11) is 0. The molecule has 0 bridgehead atoms. The highest BCUT2D eigenvalue weighted by Gasteiger charge is 2.02. The van der Waals surface area contributed by atoms with Crippen molar-refractivity contribution >= 4 is 6.09 Å². The fourth-order valence-electron chi connectivity index (χ4n) is 1.94. The lowest BCUT2D eigenvalue weighted by atomic mass is 10.1. The van der Waals surface area contributed by atoms with Crippen LogP contribution < -0.4 is 5.32 Å². The third-order valence-electron chi connectivity index (χ3n) is 3.17. The quantitative estimate of drug-likeness (QED) is 0.689. The van der Waals surface area contributed by atoms with Gasteiger partial charge in [0, 0.05) is 13.0 Å². The Kier molecular flexibility index (Phi) is 6.19. The second-order valence-electron chi connectivity index (χ2n) is 4.97. The van der Waals surface area contributed by atoms with E-state index in [1.165, 1.54) is 6.07 Å². The Morgan fingerprint density at radius 3 is 2.70 bits per heavy atom. The summed E-state index contributed by atoms with van der Waals surface area (Å²) >= 11 is 0. The standard InChI is InChI=1S/C19H18FNO2/c1-15-8-7-12-18(20)17(15)11-5-6-13-21-19(22)23-14-16-9-3-2-4-10-16/h2-4,7-10,12H,6,13-14H2,1H3,(H,21,22). The van der Waals surface area contributed by atoms with Gasteiger partial charge in [-0.05, 0) is 24.1 Å². The maximum Gasteiger partial charge on any atom is 0.407 e. The van der Waals surface area contributed by atoms with Crippen LogP contribution in [0.2, 0.25) is 0 Å². The first-order chi connectivity index (χ1) is 11.2. The topological polar surface area (TPSA) is 38.3 Å². The Hall–Kier alpha value is -2.80. The summed E-state index contributed by atoms with van der Waals surface area (Å²) in [4.78, 5) is 11.5. The van der Waals surface area contributed by atoms with Crippen LogP contribution in [-0.2, 0) is 11.3 Å². The molecule has 118 valence electrons. The van der Waals surface area contributed by atoms with Crippen molar-refractivity contribution in [1.82, 2.24) is 5.32 Å². The third-order valence-corrected chi connectivity index (χ3v) is 3.17. The summed E-state index contributed by atoms with van der Waals surface area (Å²) in [6.07, 6.45) is -0.0634. The van der Waals surface area contributed by atoms with Gasteiger partial charge in [0.05, 0.1) is 5.56 Å². The van der Waals surface area contributed by atoms with E-state index in [1.54, 1.807) is 6.07 Å². The van der Waals surface area contributed by atoms with E-state index < -0.39 is 6.09 Å². The van der Waals surface area contributed by atoms with Gasteiger partial charge < -0.3 is 10.1 Å². The van der Waals surface area contributed by atoms with Crippen molar-refractivity contribution in [1.29, 1.82) is 0 Å². The SMILES string of the molecule is Cc1cccc(F)c1C#CCCNC(=O)OCc1ccccc1. The van der Waals surface area contributed by atoms with Crippen LogP contribution >= 0.6 is 0 Å². The third kappa shape index (κ3) is 5.48. The summed E-state index contributed by atoms with van der Waals surface area (Å²) in [6, 6.07) is 14.3. The zero-order chi connectivity index (χ0) is 16.5. The maximum absolute atomic E-state index is 13.6. The van der Waals surface area contributed by atoms with Crippen molar-refractivity contribution in [3.63, 3.8) is 0 Å². The number of aryl methyl sites for hydroxylation is 1. The molecule has 0 aliphatic carbocycles. The summed E-state index contributed by atoms with van der Waals surface area (Å²) in [5, 5.41) is 2.61. The number of halogens is 1. The highest BCUT2D eigenvalue weighted by atomic mass is 19.1. The smallest absolute Gasteiger partial charge is 0.407 e. The molecule has 0 aliphatic heterocycles. The Morgan fingerprint density at radius 1 is 1.17 bits per heavy atom. The Bertz CT molecular complexity index is 697. The van der Waals surface area contributed by atoms with Crippen LogP contribution in [0.5, 0.6) is 0 Å². The number of ether oxygens (including phenoxy) is 1. The van der Waals surface area contributed by atoms with Gasteiger partial charge >= 0.3 is 6.09 Å². The molecule has 0 saturated heterocycles. The number of alkyl carbamates (subject to hydrolysis) is 1. The van der Waals surface area contributed by atoms with Crippen LogP contribution in [0.25, 0.3) is 0 Å². The molecule has 2 rings (SSSR count). The van der Waals surface area contributed by atoms with Gasteiger partial charge in [0.25, 0.3) is 0 Å². The molecule has 0 saturated carbocycles. The van der Waals surface area contributed by atoms with E-state index >= 15 is 0 Å². The van der Waals surface area contributed by atoms with Gasteiger partial charge in [-0.3, -0.25) is 0 Å². The number of benzene rings is 2. The predicted octanol–water partition coefficient (Wildman–Crippen LogP) is 3.80. The van der Waals surface area contributed by atoms with Crippen molar-refractivity contribution in [3.8, 4) is 11.8 Å². The summed E-state index contributed by atoms with van der Waals surface area (Å²) in [5.41, 5.74) is 2.13. The van der Waals surface area contributed by atoms with E-state index in [2.05, 4.69) is 17.2 Å². The van der Waals surface area contributed by atoms with Crippen molar-refractivity contribution in [2.75, 3.05) is 6.54 Å². The van der Waals surface area contributed by atoms with Crippen molar-refractivity contribution in [2.24, 2.45) is 0 Å². The highest BCUT2D eigenvalue weighted by molar-refractivity contribution is 5.67. The molecule has 3 nitrogen and oxygen atoms in total. The van der Waals surface area contributed by atoms with Crippen LogP contribution in [0.4, 0.5) is 9.18 Å². The van der Waals surface area contributed by atoms with Gasteiger partial charge in [0.2, 0.25) is 0 Å². The molecule has 0 radical (unpaired) electrons. The molecule has 1 N–H and O–H groups in total. The van der Waals surface area contributed by atoms with Crippen LogP contribution in [0.1, 0.15) is 23.1 Å². The summed E-state index contributed by atoms with van der Waals surface area (Å²) < 4.78 is 18.6. The minimum Gasteiger partial charge on any atom is -0.445 e. The number of amides is 1. The lowest BCUT2D eigenvalue weighted by Crippen LogP contribution is -2.24. The fraction of sp³-hybridized carbons (Fsp3) is 0.211. The molecule has 2 aromatic carbocycles. The zero-order valence-electron chi connectivity index (χ0n) is 12.9. The lowest BCUT2D eigenvalue weighted by molar-refractivity contribution is 0.140. The second-order valence-corrected chi connectivity index (χ2v) is 4.97. The molecule has 0 aromatic heterocycles. The molecule has 0 spiro atoms. The molecule has 0 unspecified atom stereocenters. The summed E-state index contributed by atoms with van der Waals surface area (Å²) in [5.74, 6) is 5.32. The molecule has 0 fully saturated rings. The number of hydrogen-bond acceptors (Lipinski definition) is 2. The molecule has 1 amide bonds. The number of hydrogen-bond donors (Lipinski definition) is 1. The van der Waals surface area contributed by atoms with E-state index in [0.29, 0.717) is 18.5 Å². The summed E-state index contributed by atoms with van der Waals surface area (Å²) in [6.45, 7) is 2.40. The molecular formula is C19H18FNO2. The highest BCUT2D eigenvalue weighted by Crippen LogP contribution is 2.10. The average molecular weight is 311 g/mol. The van der Waals surface area contributed by atoms with Gasteiger partial charge in [-0.1, -0.05) is 54.3 Å². The first kappa shape index (κ1) is 16.6. The molecule has 0 aliphatic rings. The fourth-order valence-corrected chi connectivity index (χ4v) is 1.94. The van der Waals surface area contributed by atoms with E-state index in [4.69, 9.17) is 4.74 Å². The van der Waals surface area contributed by atoms with Crippen LogP contribution in [0, 0.1) is 24.6 Å². The van der Waals surface area contributed by atoms with Gasteiger partial charge in [-0.2, -0.15) is 0 Å². The minimum atomic E-state index is -0.488. The minimum absolute atomic E-state index is 0.229. The van der Waals surface area contributed by atoms with Gasteiger partial charge in [-0.15, -0.1) is 0 Å². The number of nitrogens with one attached hydrogen (secondary N) is 1. The van der Waals surface area contributed by atoms with E-state index in [9.17, 15) is 9.18 Å². The molecule has 0 heterocycles. The van der Waals surface area contributed by atoms with Gasteiger partial charge in [0.15, 0.2) is 0 Å². The Balaban J connectivity index is 1.71. The van der Waals surface area contributed by atoms with Gasteiger partial charge in [0.1, 0.15) is 12.4 Å². The largest absolute Gasteiger partial charge is 0.445 e.